The number of hydrogen-bond donors (Lipinski definition) is 1. The zero-order valence-electron chi connectivity index (χ0n) is 4.84. The third-order valence-corrected chi connectivity index (χ3v) is 0.641. The van der Waals surface area contributed by atoms with Crippen LogP contribution in [0.5, 0.6) is 0 Å². The Labute approximate surface area is 47.3 Å². The van der Waals surface area contributed by atoms with Crippen LogP contribution in [0.4, 0.5) is 0 Å². The molecule has 0 saturated carbocycles. The van der Waals surface area contributed by atoms with E-state index in [1.54, 1.807) is 7.05 Å². The van der Waals surface area contributed by atoms with Crippen molar-refractivity contribution in [2.24, 2.45) is 0 Å². The summed E-state index contributed by atoms with van der Waals surface area (Å²) in [6.45, 7) is 1.43. The highest BCUT2D eigenvalue weighted by Gasteiger charge is 1.96. The van der Waals surface area contributed by atoms with Crippen molar-refractivity contribution < 1.29 is 4.92 Å². The van der Waals surface area contributed by atoms with Crippen molar-refractivity contribution in [3.63, 3.8) is 0 Å². The fourth-order valence-corrected chi connectivity index (χ4v) is 0.262. The van der Waals surface area contributed by atoms with Crippen LogP contribution in [0.3, 0.4) is 0 Å². The highest BCUT2D eigenvalue weighted by molar-refractivity contribution is 4.82. The number of hydrogen-bond acceptors (Lipinski definition) is 3. The SMILES string of the molecule is CN/C=C(\C)[N+](=O)[O-]. The van der Waals surface area contributed by atoms with Crippen molar-refractivity contribution in [2.45, 2.75) is 6.92 Å². The van der Waals surface area contributed by atoms with Crippen LogP contribution in [0.2, 0.25) is 0 Å². The van der Waals surface area contributed by atoms with Gasteiger partial charge in [0.15, 0.2) is 0 Å². The van der Waals surface area contributed by atoms with E-state index in [9.17, 15) is 10.1 Å². The molecule has 0 aliphatic heterocycles. The number of nitrogens with zero attached hydrogens (tertiary/aromatic N) is 1. The van der Waals surface area contributed by atoms with E-state index in [-0.39, 0.29) is 5.70 Å². The zero-order valence-corrected chi connectivity index (χ0v) is 4.84. The molecule has 46 valence electrons. The minimum Gasteiger partial charge on any atom is -0.389 e. The topological polar surface area (TPSA) is 55.2 Å². The Kier molecular flexibility index (Phi) is 2.61. The summed E-state index contributed by atoms with van der Waals surface area (Å²) >= 11 is 0. The first kappa shape index (κ1) is 6.94. The van der Waals surface area contributed by atoms with Gasteiger partial charge in [-0.1, -0.05) is 0 Å². The Balaban J connectivity index is 3.80. The molecule has 1 N–H and O–H groups in total. The predicted molar refractivity (Wildman–Crippen MR) is 29.8 cm³/mol. The Bertz CT molecular complexity index is 119. The van der Waals surface area contributed by atoms with Gasteiger partial charge in [-0.2, -0.15) is 0 Å². The minimum absolute atomic E-state index is 0.118. The summed E-state index contributed by atoms with van der Waals surface area (Å²) in [5.74, 6) is 0. The molecule has 0 unspecified atom stereocenters. The van der Waals surface area contributed by atoms with Gasteiger partial charge in [0.2, 0.25) is 0 Å². The lowest BCUT2D eigenvalue weighted by Gasteiger charge is -1.86. The third kappa shape index (κ3) is 2.17. The quantitative estimate of drug-likeness (QED) is 0.418. The maximum atomic E-state index is 9.79. The summed E-state index contributed by atoms with van der Waals surface area (Å²) in [5, 5.41) is 12.3. The van der Waals surface area contributed by atoms with Gasteiger partial charge in [-0.3, -0.25) is 10.1 Å². The van der Waals surface area contributed by atoms with Crippen LogP contribution in [-0.2, 0) is 0 Å². The lowest BCUT2D eigenvalue weighted by molar-refractivity contribution is -0.424. The van der Waals surface area contributed by atoms with Crippen molar-refractivity contribution >= 4 is 0 Å². The van der Waals surface area contributed by atoms with Gasteiger partial charge in [0, 0.05) is 14.0 Å². The molecule has 0 heterocycles. The van der Waals surface area contributed by atoms with Gasteiger partial charge in [-0.15, -0.1) is 0 Å². The summed E-state index contributed by atoms with van der Waals surface area (Å²) < 4.78 is 0. The Hall–Kier alpha value is -1.06. The molecule has 4 heteroatoms. The second-order valence-corrected chi connectivity index (χ2v) is 1.33. The normalized spacial score (nSPS) is 11.0. The Morgan fingerprint density at radius 1 is 1.88 bits per heavy atom. The number of nitrogens with one attached hydrogen (secondary N) is 1. The second kappa shape index (κ2) is 3.01. The molecule has 0 bridgehead atoms. The molecule has 0 rings (SSSR count). The summed E-state index contributed by atoms with van der Waals surface area (Å²) in [5.41, 5.74) is 0.118. The van der Waals surface area contributed by atoms with E-state index in [0.29, 0.717) is 0 Å². The van der Waals surface area contributed by atoms with E-state index >= 15 is 0 Å². The number of nitro groups is 1. The molecule has 0 atom stereocenters. The zero-order chi connectivity index (χ0) is 6.57. The van der Waals surface area contributed by atoms with Crippen LogP contribution >= 0.6 is 0 Å². The third-order valence-electron chi connectivity index (χ3n) is 0.641. The minimum atomic E-state index is -0.448. The van der Waals surface area contributed by atoms with Gasteiger partial charge in [0.1, 0.15) is 0 Å². The molecule has 0 radical (unpaired) electrons. The summed E-state index contributed by atoms with van der Waals surface area (Å²) in [7, 11) is 1.62. The maximum absolute atomic E-state index is 9.79. The van der Waals surface area contributed by atoms with Crippen LogP contribution in [0.1, 0.15) is 6.92 Å². The molecule has 0 aromatic rings. The molecule has 0 aliphatic carbocycles. The standard InChI is InChI=1S/C4H8N2O2/c1-4(3-5-2)6(7)8/h3,5H,1-2H3/b4-3+. The first-order valence-corrected chi connectivity index (χ1v) is 2.17. The van der Waals surface area contributed by atoms with Crippen molar-refractivity contribution in [1.29, 1.82) is 0 Å². The van der Waals surface area contributed by atoms with E-state index in [2.05, 4.69) is 5.32 Å². The fourth-order valence-electron chi connectivity index (χ4n) is 0.262. The Morgan fingerprint density at radius 2 is 2.38 bits per heavy atom. The molecule has 0 saturated heterocycles. The van der Waals surface area contributed by atoms with Crippen LogP contribution in [-0.4, -0.2) is 12.0 Å². The Morgan fingerprint density at radius 3 is 2.50 bits per heavy atom. The highest BCUT2D eigenvalue weighted by Crippen LogP contribution is 1.87. The number of allylic oxidation sites excluding steroid dienone is 1. The molecule has 0 amide bonds. The lowest BCUT2D eigenvalue weighted by atomic mass is 10.6. The predicted octanol–water partition coefficient (Wildman–Crippen LogP) is 0.344. The van der Waals surface area contributed by atoms with Crippen LogP contribution in [0.15, 0.2) is 11.9 Å². The average molecular weight is 116 g/mol. The maximum Gasteiger partial charge on any atom is 0.258 e. The molecule has 0 aromatic carbocycles. The molecule has 0 fully saturated rings. The van der Waals surface area contributed by atoms with Crippen molar-refractivity contribution in [2.75, 3.05) is 7.05 Å². The first-order valence-electron chi connectivity index (χ1n) is 2.17. The van der Waals surface area contributed by atoms with Crippen molar-refractivity contribution in [1.82, 2.24) is 5.32 Å². The summed E-state index contributed by atoms with van der Waals surface area (Å²) in [6, 6.07) is 0. The van der Waals surface area contributed by atoms with Gasteiger partial charge in [0.05, 0.1) is 11.1 Å². The molecule has 8 heavy (non-hydrogen) atoms. The van der Waals surface area contributed by atoms with Gasteiger partial charge >= 0.3 is 0 Å². The average Bonchev–Trinajstić information content (AvgIpc) is 1.67. The van der Waals surface area contributed by atoms with Crippen molar-refractivity contribution in [3.8, 4) is 0 Å². The molecule has 0 aliphatic rings. The summed E-state index contributed by atoms with van der Waals surface area (Å²) in [4.78, 5) is 9.34. The smallest absolute Gasteiger partial charge is 0.258 e. The van der Waals surface area contributed by atoms with Crippen molar-refractivity contribution in [3.05, 3.63) is 22.0 Å². The molecule has 4 nitrogen and oxygen atoms in total. The first-order chi connectivity index (χ1) is 3.68. The fraction of sp³-hybridized carbons (Fsp3) is 0.500. The second-order valence-electron chi connectivity index (χ2n) is 1.33. The monoisotopic (exact) mass is 116 g/mol. The van der Waals surface area contributed by atoms with Crippen LogP contribution in [0.25, 0.3) is 0 Å². The van der Waals surface area contributed by atoms with E-state index in [0.717, 1.165) is 0 Å². The van der Waals surface area contributed by atoms with Gasteiger partial charge in [-0.05, 0) is 0 Å². The van der Waals surface area contributed by atoms with E-state index in [1.807, 2.05) is 0 Å². The van der Waals surface area contributed by atoms with Gasteiger partial charge in [-0.25, -0.2) is 0 Å². The van der Waals surface area contributed by atoms with E-state index in [4.69, 9.17) is 0 Å². The van der Waals surface area contributed by atoms with Gasteiger partial charge in [0.25, 0.3) is 5.70 Å². The number of rotatable bonds is 2. The molecular formula is C4H8N2O2. The highest BCUT2D eigenvalue weighted by atomic mass is 16.6. The van der Waals surface area contributed by atoms with E-state index < -0.39 is 4.92 Å². The largest absolute Gasteiger partial charge is 0.389 e. The molecule has 0 spiro atoms. The summed E-state index contributed by atoms with van der Waals surface area (Å²) in [6.07, 6.45) is 1.33. The van der Waals surface area contributed by atoms with Gasteiger partial charge < -0.3 is 5.32 Å². The van der Waals surface area contributed by atoms with Crippen LogP contribution < -0.4 is 5.32 Å². The lowest BCUT2D eigenvalue weighted by Crippen LogP contribution is -2.00. The molecule has 0 aromatic heterocycles. The molecular weight excluding hydrogens is 108 g/mol. The van der Waals surface area contributed by atoms with Crippen LogP contribution in [0, 0.1) is 10.1 Å². The van der Waals surface area contributed by atoms with E-state index in [1.165, 1.54) is 13.1 Å².